The number of hydrogen-bond acceptors (Lipinski definition) is 2. The Bertz CT molecular complexity index is 189. The summed E-state index contributed by atoms with van der Waals surface area (Å²) in [6.45, 7) is 0.793. The molecule has 0 atom stereocenters. The molecule has 1 aromatic heterocycles. The molecular weight excluding hydrogens is 140 g/mol. The first-order valence-electron chi connectivity index (χ1n) is 2.68. The van der Waals surface area contributed by atoms with E-state index in [0.717, 1.165) is 13.3 Å². The highest BCUT2D eigenvalue weighted by atomic mass is 19.3. The molecule has 0 unspecified atom stereocenters. The van der Waals surface area contributed by atoms with Gasteiger partial charge in [0.2, 0.25) is 0 Å². The fourth-order valence-electron chi connectivity index (χ4n) is 0.541. The van der Waals surface area contributed by atoms with Crippen LogP contribution in [0.25, 0.3) is 0 Å². The smallest absolute Gasteiger partial charge is 0.254 e. The van der Waals surface area contributed by atoms with Gasteiger partial charge in [0.15, 0.2) is 0 Å². The van der Waals surface area contributed by atoms with Gasteiger partial charge in [0.1, 0.15) is 0 Å². The highest BCUT2D eigenvalue weighted by molar-refractivity contribution is 5.09. The molecule has 0 saturated heterocycles. The van der Waals surface area contributed by atoms with Gasteiger partial charge in [-0.15, -0.1) is 5.10 Å². The molecule has 1 heterocycles. The number of hydrogen-bond donors (Lipinski definition) is 1. The Morgan fingerprint density at radius 2 is 2.40 bits per heavy atom. The topological polar surface area (TPSA) is 41.6 Å². The van der Waals surface area contributed by atoms with Crippen LogP contribution in [0.15, 0.2) is 6.20 Å². The number of H-pyrrole nitrogens is 1. The first-order chi connectivity index (χ1) is 4.58. The summed E-state index contributed by atoms with van der Waals surface area (Å²) < 4.78 is 24.3. The van der Waals surface area contributed by atoms with Gasteiger partial charge in [-0.25, -0.2) is 8.78 Å². The average molecular weight is 146 g/mol. The summed E-state index contributed by atoms with van der Waals surface area (Å²) in [7, 11) is 0. The molecule has 0 bridgehead atoms. The Kier molecular flexibility index (Phi) is 1.65. The first kappa shape index (κ1) is 7.11. The lowest BCUT2D eigenvalue weighted by Crippen LogP contribution is -2.10. The van der Waals surface area contributed by atoms with Crippen molar-refractivity contribution in [3.05, 3.63) is 18.3 Å². The SMILES string of the molecule is CC(F)(F)[CH]c1c[nH]nn1. The van der Waals surface area contributed by atoms with Gasteiger partial charge in [-0.2, -0.15) is 0 Å². The molecule has 55 valence electrons. The third-order valence-electron chi connectivity index (χ3n) is 0.837. The highest BCUT2D eigenvalue weighted by Gasteiger charge is 2.23. The minimum Gasteiger partial charge on any atom is -0.265 e. The Labute approximate surface area is 56.4 Å². The fraction of sp³-hybridized carbons (Fsp3) is 0.400. The maximum absolute atomic E-state index is 12.1. The maximum Gasteiger partial charge on any atom is 0.254 e. The van der Waals surface area contributed by atoms with Gasteiger partial charge in [-0.3, -0.25) is 5.10 Å². The number of aromatic amines is 1. The molecule has 0 aromatic carbocycles. The van der Waals surface area contributed by atoms with Crippen molar-refractivity contribution in [2.75, 3.05) is 0 Å². The van der Waals surface area contributed by atoms with Gasteiger partial charge in [0, 0.05) is 13.1 Å². The maximum atomic E-state index is 12.1. The van der Waals surface area contributed by atoms with Crippen LogP contribution >= 0.6 is 0 Å². The van der Waals surface area contributed by atoms with Crippen LogP contribution in [-0.2, 0) is 0 Å². The third kappa shape index (κ3) is 2.08. The summed E-state index contributed by atoms with van der Waals surface area (Å²) in [6.07, 6.45) is 2.04. The van der Waals surface area contributed by atoms with Crippen molar-refractivity contribution >= 4 is 0 Å². The lowest BCUT2D eigenvalue weighted by atomic mass is 10.2. The van der Waals surface area contributed by atoms with Crippen LogP contribution in [-0.4, -0.2) is 21.3 Å². The van der Waals surface area contributed by atoms with Crippen molar-refractivity contribution in [2.24, 2.45) is 0 Å². The van der Waals surface area contributed by atoms with E-state index in [1.54, 1.807) is 0 Å². The van der Waals surface area contributed by atoms with Gasteiger partial charge in [-0.1, -0.05) is 5.21 Å². The summed E-state index contributed by atoms with van der Waals surface area (Å²) in [5.74, 6) is -2.82. The van der Waals surface area contributed by atoms with Crippen molar-refractivity contribution in [2.45, 2.75) is 12.8 Å². The van der Waals surface area contributed by atoms with E-state index in [-0.39, 0.29) is 5.69 Å². The molecular formula is C5H6F2N3. The van der Waals surface area contributed by atoms with Gasteiger partial charge in [0.25, 0.3) is 5.92 Å². The molecule has 0 aliphatic rings. The molecule has 3 nitrogen and oxygen atoms in total. The molecule has 0 saturated carbocycles. The Balaban J connectivity index is 2.57. The van der Waals surface area contributed by atoms with Crippen LogP contribution in [0.2, 0.25) is 0 Å². The van der Waals surface area contributed by atoms with E-state index < -0.39 is 5.92 Å². The summed E-state index contributed by atoms with van der Waals surface area (Å²) in [4.78, 5) is 0. The summed E-state index contributed by atoms with van der Waals surface area (Å²) in [5.41, 5.74) is 0.160. The van der Waals surface area contributed by atoms with Crippen molar-refractivity contribution in [3.63, 3.8) is 0 Å². The summed E-state index contributed by atoms with van der Waals surface area (Å²) >= 11 is 0. The molecule has 1 radical (unpaired) electrons. The Hall–Kier alpha value is -1.00. The highest BCUT2D eigenvalue weighted by Crippen LogP contribution is 2.18. The monoisotopic (exact) mass is 146 g/mol. The van der Waals surface area contributed by atoms with Crippen molar-refractivity contribution in [1.29, 1.82) is 0 Å². The van der Waals surface area contributed by atoms with E-state index in [4.69, 9.17) is 0 Å². The second kappa shape index (κ2) is 2.32. The largest absolute Gasteiger partial charge is 0.265 e. The Morgan fingerprint density at radius 3 is 2.80 bits per heavy atom. The second-order valence-electron chi connectivity index (χ2n) is 2.00. The van der Waals surface area contributed by atoms with Crippen LogP contribution in [0.3, 0.4) is 0 Å². The van der Waals surface area contributed by atoms with Crippen LogP contribution in [0, 0.1) is 6.42 Å². The van der Waals surface area contributed by atoms with Crippen LogP contribution in [0.4, 0.5) is 8.78 Å². The van der Waals surface area contributed by atoms with Crippen LogP contribution in [0.5, 0.6) is 0 Å². The minimum atomic E-state index is -2.82. The average Bonchev–Trinajstić information content (AvgIpc) is 2.12. The number of alkyl halides is 2. The van der Waals surface area contributed by atoms with E-state index in [0.29, 0.717) is 0 Å². The van der Waals surface area contributed by atoms with Crippen LogP contribution < -0.4 is 0 Å². The second-order valence-corrected chi connectivity index (χ2v) is 2.00. The predicted octanol–water partition coefficient (Wildman–Crippen LogP) is 1.01. The minimum absolute atomic E-state index is 0.160. The Morgan fingerprint density at radius 1 is 1.70 bits per heavy atom. The van der Waals surface area contributed by atoms with Crippen molar-refractivity contribution < 1.29 is 8.78 Å². The number of halogens is 2. The molecule has 1 N–H and O–H groups in total. The van der Waals surface area contributed by atoms with E-state index >= 15 is 0 Å². The standard InChI is InChI=1S/C5H6F2N3/c1-5(6,7)2-4-3-8-10-9-4/h2-3H,1H3,(H,8,9,10). The van der Waals surface area contributed by atoms with Crippen molar-refractivity contribution in [1.82, 2.24) is 15.4 Å². The lowest BCUT2D eigenvalue weighted by molar-refractivity contribution is 0.0618. The molecule has 0 amide bonds. The van der Waals surface area contributed by atoms with E-state index in [1.165, 1.54) is 6.20 Å². The summed E-state index contributed by atoms with van der Waals surface area (Å²) in [6, 6.07) is 0. The van der Waals surface area contributed by atoms with Gasteiger partial charge < -0.3 is 0 Å². The van der Waals surface area contributed by atoms with E-state index in [1.807, 2.05) is 0 Å². The normalized spacial score (nSPS) is 11.9. The molecule has 0 aliphatic carbocycles. The number of rotatable bonds is 2. The summed E-state index contributed by atoms with van der Waals surface area (Å²) in [5, 5.41) is 8.95. The van der Waals surface area contributed by atoms with Crippen molar-refractivity contribution in [3.8, 4) is 0 Å². The molecule has 0 aliphatic heterocycles. The lowest BCUT2D eigenvalue weighted by Gasteiger charge is -2.04. The van der Waals surface area contributed by atoms with Crippen LogP contribution in [0.1, 0.15) is 12.6 Å². The first-order valence-corrected chi connectivity index (χ1v) is 2.68. The quantitative estimate of drug-likeness (QED) is 0.676. The van der Waals surface area contributed by atoms with Gasteiger partial charge in [0.05, 0.1) is 12.1 Å². The third-order valence-corrected chi connectivity index (χ3v) is 0.837. The van der Waals surface area contributed by atoms with E-state index in [9.17, 15) is 8.78 Å². The number of aromatic nitrogens is 3. The van der Waals surface area contributed by atoms with E-state index in [2.05, 4.69) is 15.4 Å². The molecule has 10 heavy (non-hydrogen) atoms. The molecule has 0 fully saturated rings. The predicted molar refractivity (Wildman–Crippen MR) is 30.4 cm³/mol. The van der Waals surface area contributed by atoms with Gasteiger partial charge in [-0.05, 0) is 0 Å². The molecule has 1 aromatic rings. The number of nitrogens with zero attached hydrogens (tertiary/aromatic N) is 2. The zero-order valence-corrected chi connectivity index (χ0v) is 5.31. The zero-order chi connectivity index (χ0) is 7.61. The number of nitrogens with one attached hydrogen (secondary N) is 1. The zero-order valence-electron chi connectivity index (χ0n) is 5.31. The molecule has 1 rings (SSSR count). The molecule has 0 spiro atoms. The molecule has 5 heteroatoms. The fourth-order valence-corrected chi connectivity index (χ4v) is 0.541. The van der Waals surface area contributed by atoms with Gasteiger partial charge >= 0.3 is 0 Å².